The summed E-state index contributed by atoms with van der Waals surface area (Å²) in [4.78, 5) is 24.8. The van der Waals surface area contributed by atoms with Gasteiger partial charge in [0.1, 0.15) is 5.60 Å². The largest absolute Gasteiger partial charge is 0.390 e. The van der Waals surface area contributed by atoms with Gasteiger partial charge in [-0.3, -0.25) is 14.3 Å². The number of aliphatic hydroxyl groups is 1. The lowest BCUT2D eigenvalue weighted by Crippen LogP contribution is -2.39. The predicted octanol–water partition coefficient (Wildman–Crippen LogP) is -0.0948. The molecule has 2 heterocycles. The van der Waals surface area contributed by atoms with Gasteiger partial charge in [0.2, 0.25) is 0 Å². The zero-order valence-corrected chi connectivity index (χ0v) is 9.70. The third-order valence-electron chi connectivity index (χ3n) is 3.62. The molecule has 18 heavy (non-hydrogen) atoms. The number of hydrogen-bond acceptors (Lipinski definition) is 4. The molecule has 6 nitrogen and oxygen atoms in total. The Bertz CT molecular complexity index is 603. The molecule has 1 spiro atoms. The van der Waals surface area contributed by atoms with Gasteiger partial charge in [0.25, 0.3) is 5.56 Å². The van der Waals surface area contributed by atoms with Gasteiger partial charge in [-0.05, 0) is 31.4 Å². The van der Waals surface area contributed by atoms with Crippen LogP contribution in [-0.2, 0) is 4.74 Å². The molecule has 1 aliphatic carbocycles. The minimum Gasteiger partial charge on any atom is -0.390 e. The molecular formula is C12H14N2O4. The van der Waals surface area contributed by atoms with Crippen LogP contribution < -0.4 is 11.2 Å². The Labute approximate surface area is 103 Å². The lowest BCUT2D eigenvalue weighted by atomic mass is 10.0. The third kappa shape index (κ3) is 1.65. The third-order valence-corrected chi connectivity index (χ3v) is 3.62. The van der Waals surface area contributed by atoms with Crippen LogP contribution in [0.25, 0.3) is 0 Å². The summed E-state index contributed by atoms with van der Waals surface area (Å²) in [5.41, 5.74) is -1.62. The predicted molar refractivity (Wildman–Crippen MR) is 63.2 cm³/mol. The van der Waals surface area contributed by atoms with Crippen molar-refractivity contribution in [1.29, 1.82) is 0 Å². The van der Waals surface area contributed by atoms with Gasteiger partial charge in [0.05, 0.1) is 6.10 Å². The van der Waals surface area contributed by atoms with Crippen LogP contribution in [0.15, 0.2) is 34.0 Å². The van der Waals surface area contributed by atoms with Crippen molar-refractivity contribution in [3.63, 3.8) is 0 Å². The highest BCUT2D eigenvalue weighted by Crippen LogP contribution is 2.41. The van der Waals surface area contributed by atoms with E-state index in [1.54, 1.807) is 6.08 Å². The Morgan fingerprint density at radius 3 is 3.00 bits per heavy atom. The molecule has 1 aliphatic heterocycles. The number of aromatic amines is 1. The van der Waals surface area contributed by atoms with E-state index in [2.05, 4.69) is 4.98 Å². The van der Waals surface area contributed by atoms with Crippen molar-refractivity contribution < 1.29 is 9.84 Å². The van der Waals surface area contributed by atoms with Crippen molar-refractivity contribution >= 4 is 0 Å². The number of aromatic nitrogens is 2. The fraction of sp³-hybridized carbons (Fsp3) is 0.500. The van der Waals surface area contributed by atoms with Crippen LogP contribution in [0, 0.1) is 0 Å². The molecule has 0 unspecified atom stereocenters. The molecule has 1 aromatic rings. The number of H-pyrrole nitrogens is 1. The number of ether oxygens (including phenoxy) is 1. The standard InChI is InChI=1S/C12H14N2O4/c15-8-2-1-5-12(8)6-3-10(18-12)14-7-4-9(16)13-11(14)17/h3-4,6-8,10,15H,1-2,5H2,(H,13,16,17)/t8-,10+,12-/m0/s1. The van der Waals surface area contributed by atoms with Crippen molar-refractivity contribution in [3.8, 4) is 0 Å². The summed E-state index contributed by atoms with van der Waals surface area (Å²) in [6, 6.07) is 1.27. The van der Waals surface area contributed by atoms with Crippen LogP contribution in [0.4, 0.5) is 0 Å². The maximum absolute atomic E-state index is 11.6. The molecule has 1 fully saturated rings. The second kappa shape index (κ2) is 3.93. The van der Waals surface area contributed by atoms with Gasteiger partial charge >= 0.3 is 5.69 Å². The molecule has 3 rings (SSSR count). The first-order valence-corrected chi connectivity index (χ1v) is 5.97. The summed E-state index contributed by atoms with van der Waals surface area (Å²) in [5, 5.41) is 9.94. The summed E-state index contributed by atoms with van der Waals surface area (Å²) in [5.74, 6) is 0. The minimum atomic E-state index is -0.666. The summed E-state index contributed by atoms with van der Waals surface area (Å²) < 4.78 is 7.11. The van der Waals surface area contributed by atoms with E-state index in [1.807, 2.05) is 6.08 Å². The average molecular weight is 250 g/mol. The lowest BCUT2D eigenvalue weighted by molar-refractivity contribution is -0.106. The Balaban J connectivity index is 1.91. The van der Waals surface area contributed by atoms with Crippen LogP contribution in [0.3, 0.4) is 0 Å². The number of hydrogen-bond donors (Lipinski definition) is 2. The van der Waals surface area contributed by atoms with Crippen LogP contribution in [0.1, 0.15) is 25.5 Å². The zero-order chi connectivity index (χ0) is 12.8. The van der Waals surface area contributed by atoms with E-state index in [1.165, 1.54) is 16.8 Å². The van der Waals surface area contributed by atoms with Gasteiger partial charge in [0.15, 0.2) is 6.23 Å². The van der Waals surface area contributed by atoms with Crippen LogP contribution in [-0.4, -0.2) is 26.4 Å². The maximum Gasteiger partial charge on any atom is 0.330 e. The van der Waals surface area contributed by atoms with Crippen molar-refractivity contribution in [2.45, 2.75) is 37.2 Å². The Kier molecular flexibility index (Phi) is 2.49. The molecule has 0 aromatic carbocycles. The van der Waals surface area contributed by atoms with Crippen LogP contribution in [0.2, 0.25) is 0 Å². The van der Waals surface area contributed by atoms with Crippen molar-refractivity contribution in [2.75, 3.05) is 0 Å². The first-order chi connectivity index (χ1) is 8.61. The number of nitrogens with zero attached hydrogens (tertiary/aromatic N) is 1. The second-order valence-electron chi connectivity index (χ2n) is 4.75. The molecule has 2 N–H and O–H groups in total. The van der Waals surface area contributed by atoms with Gasteiger partial charge in [-0.2, -0.15) is 0 Å². The van der Waals surface area contributed by atoms with Gasteiger partial charge < -0.3 is 9.84 Å². The molecule has 0 bridgehead atoms. The van der Waals surface area contributed by atoms with E-state index in [-0.39, 0.29) is 0 Å². The van der Waals surface area contributed by atoms with Crippen molar-refractivity contribution in [1.82, 2.24) is 9.55 Å². The first-order valence-electron chi connectivity index (χ1n) is 5.97. The van der Waals surface area contributed by atoms with Gasteiger partial charge in [-0.1, -0.05) is 0 Å². The van der Waals surface area contributed by atoms with E-state index in [0.717, 1.165) is 12.8 Å². The van der Waals surface area contributed by atoms with Gasteiger partial charge in [-0.15, -0.1) is 0 Å². The summed E-state index contributed by atoms with van der Waals surface area (Å²) in [6.07, 6.45) is 6.23. The summed E-state index contributed by atoms with van der Waals surface area (Å²) >= 11 is 0. The molecular weight excluding hydrogens is 236 g/mol. The normalized spacial score (nSPS) is 34.5. The first kappa shape index (κ1) is 11.4. The van der Waals surface area contributed by atoms with Gasteiger partial charge in [-0.25, -0.2) is 4.79 Å². The summed E-state index contributed by atoms with van der Waals surface area (Å²) in [7, 11) is 0. The molecule has 0 amide bonds. The van der Waals surface area contributed by atoms with Crippen molar-refractivity contribution in [3.05, 3.63) is 45.3 Å². The highest BCUT2D eigenvalue weighted by atomic mass is 16.5. The Morgan fingerprint density at radius 1 is 1.50 bits per heavy atom. The fourth-order valence-electron chi connectivity index (χ4n) is 2.64. The molecule has 1 saturated carbocycles. The Morgan fingerprint density at radius 2 is 2.33 bits per heavy atom. The van der Waals surface area contributed by atoms with Crippen molar-refractivity contribution in [2.24, 2.45) is 0 Å². The van der Waals surface area contributed by atoms with E-state index in [4.69, 9.17) is 4.74 Å². The highest BCUT2D eigenvalue weighted by molar-refractivity contribution is 5.16. The molecule has 3 atom stereocenters. The minimum absolute atomic E-state index is 0.436. The number of aliphatic hydroxyl groups excluding tert-OH is 1. The number of rotatable bonds is 1. The molecule has 6 heteroatoms. The monoisotopic (exact) mass is 250 g/mol. The second-order valence-corrected chi connectivity index (χ2v) is 4.75. The van der Waals surface area contributed by atoms with E-state index in [9.17, 15) is 14.7 Å². The fourth-order valence-corrected chi connectivity index (χ4v) is 2.64. The lowest BCUT2D eigenvalue weighted by Gasteiger charge is -2.27. The molecule has 1 aromatic heterocycles. The molecule has 96 valence electrons. The van der Waals surface area contributed by atoms with Crippen LogP contribution >= 0.6 is 0 Å². The number of nitrogens with one attached hydrogen (secondary N) is 1. The zero-order valence-electron chi connectivity index (χ0n) is 9.70. The Hall–Kier alpha value is -1.66. The average Bonchev–Trinajstić information content (AvgIpc) is 2.89. The quantitative estimate of drug-likeness (QED) is 0.682. The van der Waals surface area contributed by atoms with Crippen LogP contribution in [0.5, 0.6) is 0 Å². The van der Waals surface area contributed by atoms with E-state index < -0.39 is 29.2 Å². The summed E-state index contributed by atoms with van der Waals surface area (Å²) in [6.45, 7) is 0. The smallest absolute Gasteiger partial charge is 0.330 e. The molecule has 0 saturated heterocycles. The van der Waals surface area contributed by atoms with E-state index >= 15 is 0 Å². The highest BCUT2D eigenvalue weighted by Gasteiger charge is 2.46. The molecule has 0 radical (unpaired) electrons. The van der Waals surface area contributed by atoms with E-state index in [0.29, 0.717) is 6.42 Å². The van der Waals surface area contributed by atoms with Gasteiger partial charge in [0, 0.05) is 12.3 Å². The maximum atomic E-state index is 11.6. The SMILES string of the molecule is O=c1ccn([C@H]2C=C[C@]3(CCC[C@@H]3O)O2)c(=O)[nH]1. The molecule has 2 aliphatic rings. The topological polar surface area (TPSA) is 84.3 Å².